The van der Waals surface area contributed by atoms with E-state index in [4.69, 9.17) is 0 Å². The third kappa shape index (κ3) is 2.74. The van der Waals surface area contributed by atoms with Gasteiger partial charge in [0.1, 0.15) is 0 Å². The first-order chi connectivity index (χ1) is 10.6. The molecule has 22 heavy (non-hydrogen) atoms. The zero-order valence-electron chi connectivity index (χ0n) is 13.4. The van der Waals surface area contributed by atoms with Crippen LogP contribution in [-0.2, 0) is 9.59 Å². The maximum atomic E-state index is 12.8. The van der Waals surface area contributed by atoms with Crippen LogP contribution in [0.3, 0.4) is 0 Å². The third-order valence-electron chi connectivity index (χ3n) is 4.97. The Kier molecular flexibility index (Phi) is 4.19. The lowest BCUT2D eigenvalue weighted by molar-refractivity contribution is -0.139. The Labute approximate surface area is 132 Å². The number of anilines is 1. The molecule has 118 valence electrons. The van der Waals surface area contributed by atoms with Gasteiger partial charge in [0.15, 0.2) is 0 Å². The van der Waals surface area contributed by atoms with E-state index in [2.05, 4.69) is 6.92 Å². The lowest BCUT2D eigenvalue weighted by Crippen LogP contribution is -2.45. The van der Waals surface area contributed by atoms with E-state index in [1.165, 1.54) is 6.42 Å². The summed E-state index contributed by atoms with van der Waals surface area (Å²) >= 11 is 0. The van der Waals surface area contributed by atoms with Gasteiger partial charge >= 0.3 is 0 Å². The molecule has 2 fully saturated rings. The molecule has 0 aromatic heterocycles. The fourth-order valence-electron chi connectivity index (χ4n) is 3.63. The standard InChI is InChI=1S/C18H24N2O2/c1-13-7-3-4-9-16(13)20-12-15(11-17(20)21)18(22)19-10-6-5-8-14(19)2/h3-4,7,9,14-15H,5-6,8,10-12H2,1-2H3/t14-,15+/m1/s1. The fraction of sp³-hybridized carbons (Fsp3) is 0.556. The zero-order valence-corrected chi connectivity index (χ0v) is 13.4. The molecule has 4 heteroatoms. The highest BCUT2D eigenvalue weighted by atomic mass is 16.2. The largest absolute Gasteiger partial charge is 0.340 e. The zero-order chi connectivity index (χ0) is 15.7. The first-order valence-corrected chi connectivity index (χ1v) is 8.24. The van der Waals surface area contributed by atoms with Crippen LogP contribution in [-0.4, -0.2) is 35.8 Å². The minimum Gasteiger partial charge on any atom is -0.340 e. The van der Waals surface area contributed by atoms with E-state index in [9.17, 15) is 9.59 Å². The summed E-state index contributed by atoms with van der Waals surface area (Å²) in [6, 6.07) is 8.19. The van der Waals surface area contributed by atoms with E-state index in [-0.39, 0.29) is 17.7 Å². The van der Waals surface area contributed by atoms with Crippen molar-refractivity contribution in [1.29, 1.82) is 0 Å². The summed E-state index contributed by atoms with van der Waals surface area (Å²) in [4.78, 5) is 28.9. The van der Waals surface area contributed by atoms with Crippen LogP contribution < -0.4 is 4.90 Å². The van der Waals surface area contributed by atoms with Gasteiger partial charge in [0.2, 0.25) is 11.8 Å². The van der Waals surface area contributed by atoms with Gasteiger partial charge in [-0.25, -0.2) is 0 Å². The van der Waals surface area contributed by atoms with Gasteiger partial charge in [0.05, 0.1) is 5.92 Å². The second kappa shape index (κ2) is 6.11. The monoisotopic (exact) mass is 300 g/mol. The summed E-state index contributed by atoms with van der Waals surface area (Å²) in [5, 5.41) is 0. The predicted octanol–water partition coefficient (Wildman–Crippen LogP) is 2.75. The summed E-state index contributed by atoms with van der Waals surface area (Å²) in [6.45, 7) is 5.48. The van der Waals surface area contributed by atoms with Crippen molar-refractivity contribution in [2.24, 2.45) is 5.92 Å². The van der Waals surface area contributed by atoms with Crippen LogP contribution in [0.2, 0.25) is 0 Å². The topological polar surface area (TPSA) is 40.6 Å². The van der Waals surface area contributed by atoms with E-state index in [1.807, 2.05) is 36.1 Å². The number of piperidine rings is 1. The van der Waals surface area contributed by atoms with Gasteiger partial charge in [-0.05, 0) is 44.7 Å². The number of nitrogens with zero attached hydrogens (tertiary/aromatic N) is 2. The van der Waals surface area contributed by atoms with E-state index < -0.39 is 0 Å². The first-order valence-electron chi connectivity index (χ1n) is 8.24. The highest BCUT2D eigenvalue weighted by molar-refractivity contribution is 6.00. The molecular formula is C18H24N2O2. The van der Waals surface area contributed by atoms with Crippen molar-refractivity contribution in [3.8, 4) is 0 Å². The summed E-state index contributed by atoms with van der Waals surface area (Å²) in [5.74, 6) is 0.0432. The van der Waals surface area contributed by atoms with E-state index >= 15 is 0 Å². The van der Waals surface area contributed by atoms with Crippen LogP contribution in [0.15, 0.2) is 24.3 Å². The molecule has 2 aliphatic heterocycles. The molecule has 2 atom stereocenters. The van der Waals surface area contributed by atoms with Crippen LogP contribution in [0.25, 0.3) is 0 Å². The number of hydrogen-bond donors (Lipinski definition) is 0. The second-order valence-corrected chi connectivity index (χ2v) is 6.57. The molecule has 0 aliphatic carbocycles. The molecular weight excluding hydrogens is 276 g/mol. The Morgan fingerprint density at radius 2 is 2.00 bits per heavy atom. The number of carbonyl (C=O) groups is 2. The second-order valence-electron chi connectivity index (χ2n) is 6.57. The number of likely N-dealkylation sites (tertiary alicyclic amines) is 1. The molecule has 1 aromatic rings. The van der Waals surface area contributed by atoms with Gasteiger partial charge < -0.3 is 9.80 Å². The lowest BCUT2D eigenvalue weighted by Gasteiger charge is -2.35. The number of aryl methyl sites for hydroxylation is 1. The molecule has 4 nitrogen and oxygen atoms in total. The Morgan fingerprint density at radius 3 is 2.73 bits per heavy atom. The molecule has 3 rings (SSSR count). The van der Waals surface area contributed by atoms with Gasteiger partial charge in [0.25, 0.3) is 0 Å². The van der Waals surface area contributed by atoms with Crippen LogP contribution in [0.5, 0.6) is 0 Å². The van der Waals surface area contributed by atoms with Gasteiger partial charge in [-0.2, -0.15) is 0 Å². The molecule has 0 spiro atoms. The summed E-state index contributed by atoms with van der Waals surface area (Å²) in [5.41, 5.74) is 2.02. The van der Waals surface area contributed by atoms with Crippen LogP contribution >= 0.6 is 0 Å². The van der Waals surface area contributed by atoms with Crippen molar-refractivity contribution in [2.75, 3.05) is 18.0 Å². The maximum Gasteiger partial charge on any atom is 0.228 e. The average Bonchev–Trinajstić information content (AvgIpc) is 2.89. The van der Waals surface area contributed by atoms with Crippen LogP contribution in [0.1, 0.15) is 38.2 Å². The molecule has 2 saturated heterocycles. The highest BCUT2D eigenvalue weighted by Crippen LogP contribution is 2.30. The SMILES string of the molecule is Cc1ccccc1N1C[C@@H](C(=O)N2CCCC[C@H]2C)CC1=O. The van der Waals surface area contributed by atoms with Crippen molar-refractivity contribution < 1.29 is 9.59 Å². The number of para-hydroxylation sites is 1. The molecule has 0 radical (unpaired) electrons. The normalized spacial score (nSPS) is 25.6. The molecule has 1 aromatic carbocycles. The van der Waals surface area contributed by atoms with Gasteiger partial charge in [0, 0.05) is 31.2 Å². The molecule has 2 amide bonds. The van der Waals surface area contributed by atoms with Crippen LogP contribution in [0, 0.1) is 12.8 Å². The minimum absolute atomic E-state index is 0.0670. The van der Waals surface area contributed by atoms with Crippen molar-refractivity contribution in [1.82, 2.24) is 4.90 Å². The minimum atomic E-state index is -0.187. The van der Waals surface area contributed by atoms with Crippen molar-refractivity contribution in [3.63, 3.8) is 0 Å². The van der Waals surface area contributed by atoms with Gasteiger partial charge in [-0.1, -0.05) is 18.2 Å². The summed E-state index contributed by atoms with van der Waals surface area (Å²) < 4.78 is 0. The highest BCUT2D eigenvalue weighted by Gasteiger charge is 2.38. The molecule has 0 saturated carbocycles. The first kappa shape index (κ1) is 15.1. The molecule has 2 aliphatic rings. The average molecular weight is 300 g/mol. The lowest BCUT2D eigenvalue weighted by atomic mass is 9.99. The Balaban J connectivity index is 1.74. The van der Waals surface area contributed by atoms with E-state index in [0.29, 0.717) is 19.0 Å². The number of carbonyl (C=O) groups excluding carboxylic acids is 2. The maximum absolute atomic E-state index is 12.8. The summed E-state index contributed by atoms with van der Waals surface area (Å²) in [6.07, 6.45) is 3.70. The summed E-state index contributed by atoms with van der Waals surface area (Å²) in [7, 11) is 0. The smallest absolute Gasteiger partial charge is 0.228 e. The fourth-order valence-corrected chi connectivity index (χ4v) is 3.63. The molecule has 2 heterocycles. The Morgan fingerprint density at radius 1 is 1.23 bits per heavy atom. The number of amides is 2. The van der Waals surface area contributed by atoms with Gasteiger partial charge in [-0.15, -0.1) is 0 Å². The third-order valence-corrected chi connectivity index (χ3v) is 4.97. The number of benzene rings is 1. The van der Waals surface area contributed by atoms with Crippen molar-refractivity contribution >= 4 is 17.5 Å². The number of rotatable bonds is 2. The van der Waals surface area contributed by atoms with Gasteiger partial charge in [-0.3, -0.25) is 9.59 Å². The van der Waals surface area contributed by atoms with E-state index in [0.717, 1.165) is 30.6 Å². The van der Waals surface area contributed by atoms with Crippen molar-refractivity contribution in [2.45, 2.75) is 45.6 Å². The van der Waals surface area contributed by atoms with E-state index in [1.54, 1.807) is 4.90 Å². The van der Waals surface area contributed by atoms with Crippen molar-refractivity contribution in [3.05, 3.63) is 29.8 Å². The quantitative estimate of drug-likeness (QED) is 0.842. The number of hydrogen-bond acceptors (Lipinski definition) is 2. The Hall–Kier alpha value is -1.84. The Bertz CT molecular complexity index is 584. The molecule has 0 unspecified atom stereocenters. The van der Waals surface area contributed by atoms with Crippen LogP contribution in [0.4, 0.5) is 5.69 Å². The molecule has 0 bridgehead atoms. The predicted molar refractivity (Wildman–Crippen MR) is 86.7 cm³/mol. The molecule has 0 N–H and O–H groups in total.